The maximum atomic E-state index is 12.7. The van der Waals surface area contributed by atoms with Gasteiger partial charge in [0.05, 0.1) is 33.3 Å². The number of hydrogen-bond donors (Lipinski definition) is 2. The first-order valence-electron chi connectivity index (χ1n) is 8.24. The van der Waals surface area contributed by atoms with Crippen molar-refractivity contribution in [3.8, 4) is 12.1 Å². The lowest BCUT2D eigenvalue weighted by molar-refractivity contribution is 0.596. The summed E-state index contributed by atoms with van der Waals surface area (Å²) >= 11 is 0. The zero-order valence-corrected chi connectivity index (χ0v) is 15.9. The zero-order valence-electron chi connectivity index (χ0n) is 15.1. The van der Waals surface area contributed by atoms with Crippen molar-refractivity contribution in [1.82, 2.24) is 5.43 Å². The molecule has 0 aliphatic rings. The molecular weight excluding hydrogens is 360 g/mol. The Morgan fingerprint density at radius 2 is 1.44 bits per heavy atom. The predicted molar refractivity (Wildman–Crippen MR) is 103 cm³/mol. The van der Waals surface area contributed by atoms with Crippen molar-refractivity contribution in [1.29, 1.82) is 10.5 Å². The third kappa shape index (κ3) is 4.66. The smallest absolute Gasteiger partial charge is 0.206 e. The van der Waals surface area contributed by atoms with E-state index in [4.69, 9.17) is 10.5 Å². The minimum atomic E-state index is -3.60. The fraction of sp³-hybridized carbons (Fsp3) is 0.200. The molecule has 2 rings (SSSR count). The normalized spacial score (nSPS) is 10.9. The van der Waals surface area contributed by atoms with E-state index in [1.54, 1.807) is 36.4 Å². The molecule has 2 aromatic rings. The molecule has 0 spiro atoms. The monoisotopic (exact) mass is 380 g/mol. The Labute approximate surface area is 159 Å². The molecule has 0 aliphatic heterocycles. The molecule has 2 aromatic carbocycles. The maximum Gasteiger partial charge on any atom is 0.206 e. The van der Waals surface area contributed by atoms with Gasteiger partial charge in [-0.05, 0) is 47.9 Å². The first kappa shape index (κ1) is 20.0. The van der Waals surface area contributed by atoms with Crippen LogP contribution in [0.25, 0.3) is 0 Å². The number of hydrogen-bond acceptors (Lipinski definition) is 6. The molecule has 6 nitrogen and oxygen atoms in total. The maximum absolute atomic E-state index is 12.7. The van der Waals surface area contributed by atoms with Crippen LogP contribution in [0.4, 0.5) is 5.69 Å². The van der Waals surface area contributed by atoms with E-state index in [-0.39, 0.29) is 15.5 Å². The molecule has 0 atom stereocenters. The fourth-order valence-corrected chi connectivity index (χ4v) is 3.56. The summed E-state index contributed by atoms with van der Waals surface area (Å²) in [5.41, 5.74) is 7.31. The summed E-state index contributed by atoms with van der Waals surface area (Å²) < 4.78 is 25.5. The van der Waals surface area contributed by atoms with Gasteiger partial charge in [0.15, 0.2) is 5.92 Å². The summed E-state index contributed by atoms with van der Waals surface area (Å²) in [6.07, 6.45) is 0. The SMILES string of the molecule is C=C(NNc1ccc(S(=O)(=O)c2ccc(C(C)C)cc2)cc1)C(C#N)C#N. The van der Waals surface area contributed by atoms with Crippen molar-refractivity contribution in [3.05, 3.63) is 66.4 Å². The fourth-order valence-electron chi connectivity index (χ4n) is 2.29. The van der Waals surface area contributed by atoms with Crippen molar-refractivity contribution >= 4 is 15.5 Å². The molecular formula is C20H20N4O2S. The molecule has 0 saturated carbocycles. The van der Waals surface area contributed by atoms with Gasteiger partial charge < -0.3 is 10.9 Å². The van der Waals surface area contributed by atoms with Crippen LogP contribution in [-0.2, 0) is 9.84 Å². The van der Waals surface area contributed by atoms with Gasteiger partial charge in [-0.15, -0.1) is 0 Å². The Morgan fingerprint density at radius 1 is 0.963 bits per heavy atom. The van der Waals surface area contributed by atoms with Gasteiger partial charge in [0.25, 0.3) is 0 Å². The van der Waals surface area contributed by atoms with Crippen molar-refractivity contribution in [2.24, 2.45) is 5.92 Å². The Hall–Kier alpha value is -3.29. The number of nitrogens with zero attached hydrogens (tertiary/aromatic N) is 2. The van der Waals surface area contributed by atoms with Crippen molar-refractivity contribution in [2.75, 3.05) is 5.43 Å². The number of hydrazine groups is 1. The first-order valence-corrected chi connectivity index (χ1v) is 9.73. The lowest BCUT2D eigenvalue weighted by atomic mass is 10.0. The van der Waals surface area contributed by atoms with Crippen LogP contribution in [0.2, 0.25) is 0 Å². The lowest BCUT2D eigenvalue weighted by Crippen LogP contribution is -2.24. The van der Waals surface area contributed by atoms with Crippen LogP contribution in [-0.4, -0.2) is 8.42 Å². The summed E-state index contributed by atoms with van der Waals surface area (Å²) in [5, 5.41) is 17.6. The molecule has 2 N–H and O–H groups in total. The van der Waals surface area contributed by atoms with Gasteiger partial charge in [-0.25, -0.2) is 8.42 Å². The number of allylic oxidation sites excluding steroid dienone is 1. The first-order chi connectivity index (χ1) is 12.8. The van der Waals surface area contributed by atoms with Crippen LogP contribution in [0.1, 0.15) is 25.3 Å². The summed E-state index contributed by atoms with van der Waals surface area (Å²) in [6, 6.07) is 16.6. The number of anilines is 1. The molecule has 0 aromatic heterocycles. The number of nitriles is 2. The number of benzene rings is 2. The van der Waals surface area contributed by atoms with E-state index >= 15 is 0 Å². The second-order valence-electron chi connectivity index (χ2n) is 6.22. The Morgan fingerprint density at radius 3 is 1.89 bits per heavy atom. The molecule has 0 bridgehead atoms. The summed E-state index contributed by atoms with van der Waals surface area (Å²) in [6.45, 7) is 7.71. The van der Waals surface area contributed by atoms with Gasteiger partial charge in [-0.1, -0.05) is 32.6 Å². The van der Waals surface area contributed by atoms with Crippen LogP contribution in [0.3, 0.4) is 0 Å². The Balaban J connectivity index is 2.13. The predicted octanol–water partition coefficient (Wildman–Crippen LogP) is 3.74. The minimum absolute atomic E-state index is 0.177. The second-order valence-corrected chi connectivity index (χ2v) is 8.17. The summed E-state index contributed by atoms with van der Waals surface area (Å²) in [7, 11) is -3.60. The molecule has 0 fully saturated rings. The molecule has 7 heteroatoms. The van der Waals surface area contributed by atoms with E-state index in [0.29, 0.717) is 11.6 Å². The van der Waals surface area contributed by atoms with Crippen LogP contribution in [0.5, 0.6) is 0 Å². The minimum Gasteiger partial charge on any atom is -0.303 e. The highest BCUT2D eigenvalue weighted by Crippen LogP contribution is 2.24. The molecule has 0 unspecified atom stereocenters. The van der Waals surface area contributed by atoms with E-state index in [2.05, 4.69) is 17.4 Å². The molecule has 0 saturated heterocycles. The standard InChI is InChI=1S/C20H20N4O2S/c1-14(2)16-4-8-19(9-5-16)27(25,26)20-10-6-18(7-11-20)24-23-15(3)17(12-21)13-22/h4-11,14,17,23-24H,3H2,1-2H3. The van der Waals surface area contributed by atoms with Crippen LogP contribution >= 0.6 is 0 Å². The third-order valence-corrected chi connectivity index (χ3v) is 5.78. The Bertz CT molecular complexity index is 982. The summed E-state index contributed by atoms with van der Waals surface area (Å²) in [5.74, 6) is -0.651. The summed E-state index contributed by atoms with van der Waals surface area (Å²) in [4.78, 5) is 0.418. The van der Waals surface area contributed by atoms with Crippen LogP contribution in [0, 0.1) is 28.6 Å². The van der Waals surface area contributed by atoms with E-state index in [1.165, 1.54) is 12.1 Å². The largest absolute Gasteiger partial charge is 0.303 e. The Kier molecular flexibility index (Phi) is 6.23. The average molecular weight is 380 g/mol. The van der Waals surface area contributed by atoms with Gasteiger partial charge >= 0.3 is 0 Å². The highest BCUT2D eigenvalue weighted by Gasteiger charge is 2.17. The van der Waals surface area contributed by atoms with Crippen molar-refractivity contribution < 1.29 is 8.42 Å². The van der Waals surface area contributed by atoms with E-state index < -0.39 is 15.8 Å². The quantitative estimate of drug-likeness (QED) is 0.709. The number of sulfone groups is 1. The second kappa shape index (κ2) is 8.39. The van der Waals surface area contributed by atoms with E-state index in [1.807, 2.05) is 26.0 Å². The van der Waals surface area contributed by atoms with E-state index in [0.717, 1.165) is 5.56 Å². The highest BCUT2D eigenvalue weighted by molar-refractivity contribution is 7.91. The van der Waals surface area contributed by atoms with Gasteiger partial charge in [-0.2, -0.15) is 10.5 Å². The van der Waals surface area contributed by atoms with Gasteiger partial charge in [0.1, 0.15) is 0 Å². The van der Waals surface area contributed by atoms with Gasteiger partial charge in [-0.3, -0.25) is 0 Å². The molecule has 27 heavy (non-hydrogen) atoms. The third-order valence-electron chi connectivity index (χ3n) is 4.00. The van der Waals surface area contributed by atoms with E-state index in [9.17, 15) is 8.42 Å². The molecule has 0 radical (unpaired) electrons. The number of nitrogens with one attached hydrogen (secondary N) is 2. The topological polar surface area (TPSA) is 106 Å². The molecule has 0 heterocycles. The molecule has 138 valence electrons. The molecule has 0 aliphatic carbocycles. The lowest BCUT2D eigenvalue weighted by Gasteiger charge is -2.13. The van der Waals surface area contributed by atoms with Crippen molar-refractivity contribution in [3.63, 3.8) is 0 Å². The van der Waals surface area contributed by atoms with Crippen molar-refractivity contribution in [2.45, 2.75) is 29.6 Å². The highest BCUT2D eigenvalue weighted by atomic mass is 32.2. The zero-order chi connectivity index (χ0) is 20.0. The molecule has 0 amide bonds. The van der Waals surface area contributed by atoms with Gasteiger partial charge in [0, 0.05) is 0 Å². The van der Waals surface area contributed by atoms with Gasteiger partial charge in [0.2, 0.25) is 9.84 Å². The van der Waals surface area contributed by atoms with Crippen LogP contribution < -0.4 is 10.9 Å². The number of rotatable bonds is 7. The average Bonchev–Trinajstić information content (AvgIpc) is 2.67. The van der Waals surface area contributed by atoms with Crippen LogP contribution in [0.15, 0.2) is 70.6 Å².